The van der Waals surface area contributed by atoms with Crippen LogP contribution in [0.25, 0.3) is 11.0 Å². The minimum Gasteiger partial charge on any atom is -0.394 e. The molecule has 3 N–H and O–H groups in total. The van der Waals surface area contributed by atoms with E-state index in [-0.39, 0.29) is 12.3 Å². The fourth-order valence-corrected chi connectivity index (χ4v) is 2.40. The number of aromatic nitrogens is 2. The summed E-state index contributed by atoms with van der Waals surface area (Å²) in [5.41, 5.74) is 1.19. The molecule has 6 nitrogen and oxygen atoms in total. The van der Waals surface area contributed by atoms with E-state index in [2.05, 4.69) is 4.98 Å². The maximum Gasteiger partial charge on any atom is 0.328 e. The van der Waals surface area contributed by atoms with Crippen LogP contribution in [0, 0.1) is 0 Å². The van der Waals surface area contributed by atoms with Crippen LogP contribution in [-0.4, -0.2) is 38.6 Å². The number of fused-ring (bicyclic) bond motifs is 1. The molecule has 0 saturated carbocycles. The first-order valence-corrected chi connectivity index (χ1v) is 5.84. The number of ether oxygens (including phenoxy) is 1. The van der Waals surface area contributed by atoms with Crippen LogP contribution in [0.5, 0.6) is 0 Å². The van der Waals surface area contributed by atoms with E-state index < -0.39 is 18.4 Å². The largest absolute Gasteiger partial charge is 0.394 e. The summed E-state index contributed by atoms with van der Waals surface area (Å²) in [4.78, 5) is 14.6. The molecule has 0 spiro atoms. The Morgan fingerprint density at radius 3 is 2.94 bits per heavy atom. The lowest BCUT2D eigenvalue weighted by Crippen LogP contribution is -2.25. The Morgan fingerprint density at radius 1 is 1.44 bits per heavy atom. The summed E-state index contributed by atoms with van der Waals surface area (Å²) in [6, 6.07) is 7.29. The average Bonchev–Trinajstić information content (AvgIpc) is 2.88. The van der Waals surface area contributed by atoms with Gasteiger partial charge in [-0.25, -0.2) is 4.79 Å². The summed E-state index contributed by atoms with van der Waals surface area (Å²) < 4.78 is 6.98. The Balaban J connectivity index is 2.05. The fourth-order valence-electron chi connectivity index (χ4n) is 2.40. The quantitative estimate of drug-likeness (QED) is 0.698. The first kappa shape index (κ1) is 11.5. The molecule has 96 valence electrons. The summed E-state index contributed by atoms with van der Waals surface area (Å²) in [5.74, 6) is 0. The van der Waals surface area contributed by atoms with Gasteiger partial charge < -0.3 is 19.9 Å². The molecule has 2 aromatic rings. The number of hydrogen-bond donors (Lipinski definition) is 3. The average molecular weight is 250 g/mol. The number of H-pyrrole nitrogens is 1. The second-order valence-electron chi connectivity index (χ2n) is 4.43. The van der Waals surface area contributed by atoms with Gasteiger partial charge in [0.15, 0.2) is 0 Å². The van der Waals surface area contributed by atoms with Gasteiger partial charge in [0, 0.05) is 6.42 Å². The molecule has 2 unspecified atom stereocenters. The van der Waals surface area contributed by atoms with Crippen LogP contribution in [-0.2, 0) is 4.74 Å². The smallest absolute Gasteiger partial charge is 0.328 e. The molecule has 2 heterocycles. The number of para-hydroxylation sites is 2. The molecular weight excluding hydrogens is 236 g/mol. The van der Waals surface area contributed by atoms with Gasteiger partial charge in [-0.2, -0.15) is 0 Å². The zero-order chi connectivity index (χ0) is 12.7. The summed E-state index contributed by atoms with van der Waals surface area (Å²) in [6.07, 6.45) is -1.62. The predicted molar refractivity (Wildman–Crippen MR) is 64.2 cm³/mol. The Kier molecular flexibility index (Phi) is 2.70. The maximum absolute atomic E-state index is 11.9. The molecule has 1 aromatic heterocycles. The third kappa shape index (κ3) is 1.66. The highest BCUT2D eigenvalue weighted by Crippen LogP contribution is 2.29. The zero-order valence-corrected chi connectivity index (χ0v) is 9.61. The van der Waals surface area contributed by atoms with E-state index in [4.69, 9.17) is 9.84 Å². The van der Waals surface area contributed by atoms with Crippen LogP contribution in [0.15, 0.2) is 29.1 Å². The highest BCUT2D eigenvalue weighted by molar-refractivity contribution is 5.75. The highest BCUT2D eigenvalue weighted by atomic mass is 16.5. The fraction of sp³-hybridized carbons (Fsp3) is 0.417. The van der Waals surface area contributed by atoms with Gasteiger partial charge in [0.25, 0.3) is 0 Å². The Labute approximate surface area is 102 Å². The molecule has 1 aliphatic rings. The maximum atomic E-state index is 11.9. The van der Waals surface area contributed by atoms with Gasteiger partial charge in [-0.3, -0.25) is 4.57 Å². The second-order valence-corrected chi connectivity index (χ2v) is 4.43. The molecule has 0 amide bonds. The van der Waals surface area contributed by atoms with Gasteiger partial charge in [0.05, 0.1) is 23.7 Å². The minimum atomic E-state index is -0.749. The summed E-state index contributed by atoms with van der Waals surface area (Å²) >= 11 is 0. The van der Waals surface area contributed by atoms with Gasteiger partial charge in [0.1, 0.15) is 12.3 Å². The molecule has 3 atom stereocenters. The monoisotopic (exact) mass is 250 g/mol. The van der Waals surface area contributed by atoms with E-state index in [1.165, 1.54) is 4.57 Å². The van der Waals surface area contributed by atoms with E-state index >= 15 is 0 Å². The van der Waals surface area contributed by atoms with Crippen molar-refractivity contribution in [3.05, 3.63) is 34.7 Å². The van der Waals surface area contributed by atoms with Crippen LogP contribution in [0.1, 0.15) is 12.6 Å². The molecule has 1 aromatic carbocycles. The Hall–Kier alpha value is -1.63. The van der Waals surface area contributed by atoms with Crippen LogP contribution in [0.4, 0.5) is 0 Å². The number of nitrogens with zero attached hydrogens (tertiary/aromatic N) is 1. The molecule has 1 aliphatic heterocycles. The van der Waals surface area contributed by atoms with Crippen molar-refractivity contribution >= 4 is 11.0 Å². The van der Waals surface area contributed by atoms with E-state index in [1.807, 2.05) is 24.3 Å². The molecule has 3 rings (SSSR count). The number of imidazole rings is 1. The van der Waals surface area contributed by atoms with Crippen LogP contribution < -0.4 is 5.69 Å². The molecule has 0 aliphatic carbocycles. The standard InChI is InChI=1S/C12H14N2O4/c15-6-10-9(16)5-11(18-10)14-8-4-2-1-3-7(8)13-12(14)17/h1-4,9-11,15-16H,5-6H2,(H,13,17)/t9?,10?,11-/m1/s1. The Morgan fingerprint density at radius 2 is 2.22 bits per heavy atom. The van der Waals surface area contributed by atoms with Crippen molar-refractivity contribution < 1.29 is 14.9 Å². The van der Waals surface area contributed by atoms with Crippen LogP contribution >= 0.6 is 0 Å². The molecule has 6 heteroatoms. The number of aromatic amines is 1. The van der Waals surface area contributed by atoms with Crippen molar-refractivity contribution in [2.45, 2.75) is 24.9 Å². The second kappa shape index (κ2) is 4.24. The van der Waals surface area contributed by atoms with Crippen molar-refractivity contribution in [3.63, 3.8) is 0 Å². The number of rotatable bonds is 2. The number of aliphatic hydroxyl groups excluding tert-OH is 2. The van der Waals surface area contributed by atoms with Gasteiger partial charge in [-0.05, 0) is 12.1 Å². The van der Waals surface area contributed by atoms with Gasteiger partial charge in [-0.15, -0.1) is 0 Å². The Bertz CT molecular complexity index is 618. The van der Waals surface area contributed by atoms with Crippen molar-refractivity contribution in [1.29, 1.82) is 0 Å². The van der Waals surface area contributed by atoms with Crippen molar-refractivity contribution in [3.8, 4) is 0 Å². The lowest BCUT2D eigenvalue weighted by Gasteiger charge is -2.13. The van der Waals surface area contributed by atoms with E-state index in [1.54, 1.807) is 0 Å². The van der Waals surface area contributed by atoms with Crippen LogP contribution in [0.2, 0.25) is 0 Å². The number of aliphatic hydroxyl groups is 2. The van der Waals surface area contributed by atoms with Crippen molar-refractivity contribution in [2.24, 2.45) is 0 Å². The first-order valence-electron chi connectivity index (χ1n) is 5.84. The third-order valence-corrected chi connectivity index (χ3v) is 3.30. The van der Waals surface area contributed by atoms with E-state index in [0.29, 0.717) is 6.42 Å². The van der Waals surface area contributed by atoms with Gasteiger partial charge in [-0.1, -0.05) is 12.1 Å². The first-order chi connectivity index (χ1) is 8.70. The van der Waals surface area contributed by atoms with E-state index in [0.717, 1.165) is 11.0 Å². The molecule has 0 radical (unpaired) electrons. The zero-order valence-electron chi connectivity index (χ0n) is 9.61. The predicted octanol–water partition coefficient (Wildman–Crippen LogP) is -0.0297. The van der Waals surface area contributed by atoms with Crippen molar-refractivity contribution in [1.82, 2.24) is 9.55 Å². The molecule has 1 saturated heterocycles. The van der Waals surface area contributed by atoms with Gasteiger partial charge >= 0.3 is 5.69 Å². The lowest BCUT2D eigenvalue weighted by molar-refractivity contribution is -0.0440. The summed E-state index contributed by atoms with van der Waals surface area (Å²) in [6.45, 7) is -0.255. The van der Waals surface area contributed by atoms with E-state index in [9.17, 15) is 9.90 Å². The number of benzene rings is 1. The third-order valence-electron chi connectivity index (χ3n) is 3.30. The number of hydrogen-bond acceptors (Lipinski definition) is 4. The summed E-state index contributed by atoms with van der Waals surface area (Å²) in [5, 5.41) is 18.8. The normalized spacial score (nSPS) is 28.0. The topological polar surface area (TPSA) is 87.5 Å². The molecule has 1 fully saturated rings. The summed E-state index contributed by atoms with van der Waals surface area (Å²) in [7, 11) is 0. The van der Waals surface area contributed by atoms with Crippen LogP contribution in [0.3, 0.4) is 0 Å². The molecule has 0 bridgehead atoms. The molecular formula is C12H14N2O4. The SMILES string of the molecule is O=c1[nH]c2ccccc2n1[C@H]1CC(O)C(CO)O1. The highest BCUT2D eigenvalue weighted by Gasteiger charge is 2.35. The molecule has 18 heavy (non-hydrogen) atoms. The number of nitrogens with one attached hydrogen (secondary N) is 1. The van der Waals surface area contributed by atoms with Gasteiger partial charge in [0.2, 0.25) is 0 Å². The lowest BCUT2D eigenvalue weighted by atomic mass is 10.2. The minimum absolute atomic E-state index is 0.255. The van der Waals surface area contributed by atoms with Crippen molar-refractivity contribution in [2.75, 3.05) is 6.61 Å².